The van der Waals surface area contributed by atoms with Crippen LogP contribution in [-0.2, 0) is 9.53 Å². The first-order valence-corrected chi connectivity index (χ1v) is 6.32. The maximum absolute atomic E-state index is 11.1. The van der Waals surface area contributed by atoms with Crippen LogP contribution in [0.4, 0.5) is 0 Å². The molecule has 2 rings (SSSR count). The number of aliphatic carboxylic acids is 1. The van der Waals surface area contributed by atoms with Gasteiger partial charge in [0.2, 0.25) is 0 Å². The van der Waals surface area contributed by atoms with Gasteiger partial charge in [-0.25, -0.2) is 0 Å². The van der Waals surface area contributed by atoms with E-state index >= 15 is 0 Å². The third kappa shape index (κ3) is 2.55. The summed E-state index contributed by atoms with van der Waals surface area (Å²) in [6.45, 7) is 0.979. The molecule has 1 N–H and O–H groups in total. The Labute approximate surface area is 108 Å². The number of ether oxygens (including phenoxy) is 1. The first-order valence-electron chi connectivity index (χ1n) is 5.24. The number of rotatable bonds is 2. The summed E-state index contributed by atoms with van der Waals surface area (Å²) in [6, 6.07) is 8.08. The Morgan fingerprint density at radius 3 is 2.69 bits per heavy atom. The highest BCUT2D eigenvalue weighted by Gasteiger charge is 2.32. The molecule has 0 bridgehead atoms. The normalized spacial score (nSPS) is 25.3. The summed E-state index contributed by atoms with van der Waals surface area (Å²) in [5.41, 5.74) is 1.11. The molecule has 0 spiro atoms. The van der Waals surface area contributed by atoms with Gasteiger partial charge in [0.25, 0.3) is 0 Å². The molecule has 1 aliphatic rings. The van der Waals surface area contributed by atoms with E-state index in [4.69, 9.17) is 9.84 Å². The molecular formula is C12H13IO3. The van der Waals surface area contributed by atoms with Gasteiger partial charge in [0.05, 0.1) is 12.5 Å². The van der Waals surface area contributed by atoms with Gasteiger partial charge < -0.3 is 9.84 Å². The van der Waals surface area contributed by atoms with Gasteiger partial charge in [0.15, 0.2) is 0 Å². The van der Waals surface area contributed by atoms with E-state index in [-0.39, 0.29) is 5.92 Å². The average molecular weight is 332 g/mol. The molecule has 0 radical (unpaired) electrons. The first kappa shape index (κ1) is 11.9. The first-order chi connectivity index (χ1) is 7.68. The Morgan fingerprint density at radius 1 is 1.38 bits per heavy atom. The molecule has 0 aliphatic carbocycles. The largest absolute Gasteiger partial charge is 0.481 e. The molecule has 1 saturated heterocycles. The fourth-order valence-electron chi connectivity index (χ4n) is 2.09. The van der Waals surface area contributed by atoms with E-state index in [1.165, 1.54) is 3.57 Å². The predicted molar refractivity (Wildman–Crippen MR) is 68.5 cm³/mol. The minimum atomic E-state index is -0.761. The number of halogens is 1. The molecule has 1 aromatic rings. The van der Waals surface area contributed by atoms with E-state index in [0.717, 1.165) is 12.0 Å². The predicted octanol–water partition coefficient (Wildman–Crippen LogP) is 2.50. The third-order valence-corrected chi connectivity index (χ3v) is 3.69. The third-order valence-electron chi connectivity index (χ3n) is 2.97. The van der Waals surface area contributed by atoms with Crippen molar-refractivity contribution in [2.75, 3.05) is 13.2 Å². The zero-order valence-corrected chi connectivity index (χ0v) is 10.9. The van der Waals surface area contributed by atoms with Gasteiger partial charge in [0.1, 0.15) is 0 Å². The van der Waals surface area contributed by atoms with E-state index in [2.05, 4.69) is 22.6 Å². The SMILES string of the molecule is O=C(O)[C@H]1COCC[C@H]1c1ccc(I)cc1. The highest BCUT2D eigenvalue weighted by molar-refractivity contribution is 14.1. The summed E-state index contributed by atoms with van der Waals surface area (Å²) < 4.78 is 6.40. The molecule has 1 fully saturated rings. The standard InChI is InChI=1S/C12H13IO3/c13-9-3-1-8(2-4-9)10-5-6-16-7-11(10)12(14)15/h1-4,10-11H,5-7H2,(H,14,15)/t10-,11-/m0/s1. The Morgan fingerprint density at radius 2 is 2.06 bits per heavy atom. The summed E-state index contributed by atoms with van der Waals surface area (Å²) in [6.07, 6.45) is 0.789. The lowest BCUT2D eigenvalue weighted by Crippen LogP contribution is -2.32. The fraction of sp³-hybridized carbons (Fsp3) is 0.417. The van der Waals surface area contributed by atoms with Crippen LogP contribution in [-0.4, -0.2) is 24.3 Å². The Bertz CT molecular complexity index is 374. The minimum Gasteiger partial charge on any atom is -0.481 e. The lowest BCUT2D eigenvalue weighted by Gasteiger charge is -2.28. The van der Waals surface area contributed by atoms with E-state index in [1.54, 1.807) is 0 Å². The number of hydrogen-bond acceptors (Lipinski definition) is 2. The maximum atomic E-state index is 11.1. The number of carboxylic acids is 1. The lowest BCUT2D eigenvalue weighted by molar-refractivity contribution is -0.147. The molecular weight excluding hydrogens is 319 g/mol. The van der Waals surface area contributed by atoms with Crippen molar-refractivity contribution in [1.82, 2.24) is 0 Å². The summed E-state index contributed by atoms with van der Waals surface area (Å²) in [5, 5.41) is 9.14. The zero-order valence-electron chi connectivity index (χ0n) is 8.73. The molecule has 0 amide bonds. The maximum Gasteiger partial charge on any atom is 0.309 e. The van der Waals surface area contributed by atoms with E-state index in [1.807, 2.05) is 24.3 Å². The van der Waals surface area contributed by atoms with Crippen molar-refractivity contribution in [1.29, 1.82) is 0 Å². The van der Waals surface area contributed by atoms with Gasteiger partial charge >= 0.3 is 5.97 Å². The van der Waals surface area contributed by atoms with Crippen LogP contribution < -0.4 is 0 Å². The van der Waals surface area contributed by atoms with Crippen molar-refractivity contribution in [2.24, 2.45) is 5.92 Å². The Kier molecular flexibility index (Phi) is 3.81. The van der Waals surface area contributed by atoms with Crippen LogP contribution in [0.5, 0.6) is 0 Å². The smallest absolute Gasteiger partial charge is 0.309 e. The summed E-state index contributed by atoms with van der Waals surface area (Å²) >= 11 is 2.24. The number of benzene rings is 1. The molecule has 2 atom stereocenters. The van der Waals surface area contributed by atoms with Crippen LogP contribution in [0.25, 0.3) is 0 Å². The van der Waals surface area contributed by atoms with Crippen molar-refractivity contribution in [2.45, 2.75) is 12.3 Å². The van der Waals surface area contributed by atoms with Crippen molar-refractivity contribution >= 4 is 28.6 Å². The van der Waals surface area contributed by atoms with Crippen molar-refractivity contribution in [3.05, 3.63) is 33.4 Å². The van der Waals surface area contributed by atoms with Gasteiger partial charge in [-0.2, -0.15) is 0 Å². The van der Waals surface area contributed by atoms with Gasteiger partial charge in [0, 0.05) is 16.1 Å². The quantitative estimate of drug-likeness (QED) is 0.847. The number of carboxylic acid groups (broad SMARTS) is 1. The van der Waals surface area contributed by atoms with Crippen LogP contribution in [0.3, 0.4) is 0 Å². The average Bonchev–Trinajstić information content (AvgIpc) is 2.30. The second-order valence-corrected chi connectivity index (χ2v) is 5.21. The van der Waals surface area contributed by atoms with Crippen LogP contribution in [0.15, 0.2) is 24.3 Å². The van der Waals surface area contributed by atoms with Crippen LogP contribution in [0.2, 0.25) is 0 Å². The molecule has 86 valence electrons. The highest BCUT2D eigenvalue weighted by atomic mass is 127. The summed E-state index contributed by atoms with van der Waals surface area (Å²) in [7, 11) is 0. The van der Waals surface area contributed by atoms with E-state index in [9.17, 15) is 4.79 Å². The zero-order chi connectivity index (χ0) is 11.5. The molecule has 16 heavy (non-hydrogen) atoms. The summed E-state index contributed by atoms with van der Waals surface area (Å²) in [5.74, 6) is -1.08. The van der Waals surface area contributed by atoms with Crippen molar-refractivity contribution in [3.8, 4) is 0 Å². The van der Waals surface area contributed by atoms with Crippen LogP contribution in [0, 0.1) is 9.49 Å². The molecule has 0 unspecified atom stereocenters. The van der Waals surface area contributed by atoms with E-state index in [0.29, 0.717) is 13.2 Å². The number of hydrogen-bond donors (Lipinski definition) is 1. The van der Waals surface area contributed by atoms with Crippen LogP contribution in [0.1, 0.15) is 17.9 Å². The second-order valence-electron chi connectivity index (χ2n) is 3.97. The molecule has 0 saturated carbocycles. The Balaban J connectivity index is 2.23. The van der Waals surface area contributed by atoms with Gasteiger partial charge in [-0.3, -0.25) is 4.79 Å². The molecule has 1 heterocycles. The van der Waals surface area contributed by atoms with Gasteiger partial charge in [-0.1, -0.05) is 12.1 Å². The Hall–Kier alpha value is -0.620. The highest BCUT2D eigenvalue weighted by Crippen LogP contribution is 2.32. The number of carbonyl (C=O) groups is 1. The van der Waals surface area contributed by atoms with Gasteiger partial charge in [-0.15, -0.1) is 0 Å². The second kappa shape index (κ2) is 5.14. The molecule has 3 nitrogen and oxygen atoms in total. The molecule has 4 heteroatoms. The topological polar surface area (TPSA) is 46.5 Å². The van der Waals surface area contributed by atoms with Gasteiger partial charge in [-0.05, 0) is 46.7 Å². The van der Waals surface area contributed by atoms with E-state index < -0.39 is 11.9 Å². The van der Waals surface area contributed by atoms with Crippen molar-refractivity contribution in [3.63, 3.8) is 0 Å². The molecule has 1 aliphatic heterocycles. The molecule has 0 aromatic heterocycles. The fourth-order valence-corrected chi connectivity index (χ4v) is 2.45. The van der Waals surface area contributed by atoms with Crippen LogP contribution >= 0.6 is 22.6 Å². The minimum absolute atomic E-state index is 0.0863. The lowest BCUT2D eigenvalue weighted by atomic mass is 9.83. The summed E-state index contributed by atoms with van der Waals surface area (Å²) in [4.78, 5) is 11.1. The van der Waals surface area contributed by atoms with Crippen molar-refractivity contribution < 1.29 is 14.6 Å². The molecule has 1 aromatic carbocycles. The monoisotopic (exact) mass is 332 g/mol.